The zero-order valence-corrected chi connectivity index (χ0v) is 33.9. The van der Waals surface area contributed by atoms with E-state index in [1.54, 1.807) is 7.11 Å². The Morgan fingerprint density at radius 1 is 0.685 bits per heavy atom. The molecule has 1 saturated heterocycles. The summed E-state index contributed by atoms with van der Waals surface area (Å²) in [5, 5.41) is 0. The van der Waals surface area contributed by atoms with E-state index in [1.807, 2.05) is 60.7 Å². The first-order chi connectivity index (χ1) is 26.1. The first-order valence-electron chi connectivity index (χ1n) is 19.5. The summed E-state index contributed by atoms with van der Waals surface area (Å²) < 4.78 is 27.0. The number of methoxy groups -OCH3 is 1. The summed E-state index contributed by atoms with van der Waals surface area (Å²) in [6.07, 6.45) is 0.264. The lowest BCUT2D eigenvalue weighted by Gasteiger charge is -2.45. The zero-order valence-electron chi connectivity index (χ0n) is 32.9. The van der Waals surface area contributed by atoms with Crippen LogP contribution in [0.15, 0.2) is 140 Å². The number of ether oxygens (including phenoxy) is 3. The lowest BCUT2D eigenvalue weighted by Crippen LogP contribution is -2.49. The van der Waals surface area contributed by atoms with Gasteiger partial charge in [0.15, 0.2) is 0 Å². The number of hydrogen-bond acceptors (Lipinski definition) is 5. The van der Waals surface area contributed by atoms with Crippen molar-refractivity contribution in [2.45, 2.75) is 88.8 Å². The average Bonchev–Trinajstić information content (AvgIpc) is 3.56. The number of benzene rings is 5. The third-order valence-corrected chi connectivity index (χ3v) is 17.5. The number of hydrogen-bond donors (Lipinski definition) is 0. The van der Waals surface area contributed by atoms with Crippen molar-refractivity contribution in [1.82, 2.24) is 0 Å². The lowest BCUT2D eigenvalue weighted by atomic mass is 9.80. The molecule has 0 amide bonds. The van der Waals surface area contributed by atoms with Crippen LogP contribution in [-0.4, -0.2) is 34.1 Å². The van der Waals surface area contributed by atoms with Gasteiger partial charge in [0.25, 0.3) is 0 Å². The third kappa shape index (κ3) is 7.98. The van der Waals surface area contributed by atoms with Gasteiger partial charge in [-0.3, -0.25) is 4.79 Å². The van der Waals surface area contributed by atoms with Gasteiger partial charge in [-0.1, -0.05) is 175 Å². The molecule has 1 aliphatic heterocycles. The molecule has 6 rings (SSSR count). The Balaban J connectivity index is 1.36. The second-order valence-corrected chi connectivity index (χ2v) is 21.0. The maximum atomic E-state index is 14.2. The Hall–Kier alpha value is -4.49. The SMILES string of the molecule is COc1cc([C@@H](O[Si](C(C)C)(C(C)C)C(C)C)[C@@H]2C[C@@H](COC(c3ccccc3)(c3ccccc3)c3ccccc3)OC2=O)ccc1Cc1ccccc1. The smallest absolute Gasteiger partial charge is 0.312 e. The summed E-state index contributed by atoms with van der Waals surface area (Å²) in [5.74, 6) is 0.0382. The van der Waals surface area contributed by atoms with Gasteiger partial charge in [0, 0.05) is 12.8 Å². The van der Waals surface area contributed by atoms with E-state index < -0.39 is 32.0 Å². The molecule has 54 heavy (non-hydrogen) atoms. The fraction of sp³-hybridized carbons (Fsp3) is 0.354. The van der Waals surface area contributed by atoms with E-state index >= 15 is 0 Å². The van der Waals surface area contributed by atoms with Crippen LogP contribution in [0.5, 0.6) is 5.75 Å². The number of esters is 1. The summed E-state index contributed by atoms with van der Waals surface area (Å²) in [4.78, 5) is 14.2. The predicted molar refractivity (Wildman–Crippen MR) is 220 cm³/mol. The standard InChI is InChI=1S/C48H56O5Si/c1-34(2)54(35(3)4,36(5)6)53-46(39-29-28-38(45(31-39)50-7)30-37-20-12-8-13-21-37)44-32-43(52-47(44)49)33-51-48(40-22-14-9-15-23-40,41-24-16-10-17-25-41)42-26-18-11-19-27-42/h8-29,31,34-36,43-44,46H,30,32-33H2,1-7H3/t43-,44-,46+/m0/s1. The van der Waals surface area contributed by atoms with E-state index in [2.05, 4.69) is 120 Å². The molecule has 1 heterocycles. The van der Waals surface area contributed by atoms with Crippen LogP contribution in [0.1, 0.15) is 87.4 Å². The normalized spacial score (nSPS) is 16.9. The molecule has 0 unspecified atom stereocenters. The monoisotopic (exact) mass is 740 g/mol. The van der Waals surface area contributed by atoms with E-state index in [1.165, 1.54) is 5.56 Å². The minimum absolute atomic E-state index is 0.216. The molecule has 3 atom stereocenters. The first kappa shape index (κ1) is 39.2. The Labute approximate surface area is 323 Å². The maximum Gasteiger partial charge on any atom is 0.312 e. The molecule has 0 radical (unpaired) electrons. The number of cyclic esters (lactones) is 1. The second kappa shape index (κ2) is 17.3. The highest BCUT2D eigenvalue weighted by atomic mass is 28.4. The minimum atomic E-state index is -2.46. The van der Waals surface area contributed by atoms with Crippen LogP contribution in [0.4, 0.5) is 0 Å². The predicted octanol–water partition coefficient (Wildman–Crippen LogP) is 11.5. The quantitative estimate of drug-likeness (QED) is 0.0573. The van der Waals surface area contributed by atoms with Crippen LogP contribution in [0.3, 0.4) is 0 Å². The molecule has 6 heteroatoms. The molecular weight excluding hydrogens is 685 g/mol. The molecule has 0 saturated carbocycles. The Bertz CT molecular complexity index is 1810. The number of rotatable bonds is 16. The van der Waals surface area contributed by atoms with Crippen molar-refractivity contribution in [3.63, 3.8) is 0 Å². The fourth-order valence-corrected chi connectivity index (χ4v) is 14.5. The van der Waals surface area contributed by atoms with E-state index in [0.717, 1.165) is 40.0 Å². The van der Waals surface area contributed by atoms with Crippen LogP contribution in [0, 0.1) is 5.92 Å². The van der Waals surface area contributed by atoms with Gasteiger partial charge in [0.2, 0.25) is 8.32 Å². The van der Waals surface area contributed by atoms with Crippen LogP contribution in [0.2, 0.25) is 16.6 Å². The van der Waals surface area contributed by atoms with Crippen molar-refractivity contribution in [3.05, 3.63) is 173 Å². The highest BCUT2D eigenvalue weighted by Crippen LogP contribution is 2.49. The van der Waals surface area contributed by atoms with Crippen molar-refractivity contribution in [1.29, 1.82) is 0 Å². The molecule has 5 aromatic carbocycles. The molecule has 0 aromatic heterocycles. The first-order valence-corrected chi connectivity index (χ1v) is 21.6. The largest absolute Gasteiger partial charge is 0.496 e. The summed E-state index contributed by atoms with van der Waals surface area (Å²) in [7, 11) is -0.738. The molecule has 5 aromatic rings. The van der Waals surface area contributed by atoms with Crippen molar-refractivity contribution >= 4 is 14.3 Å². The fourth-order valence-electron chi connectivity index (χ4n) is 8.93. The van der Waals surface area contributed by atoms with E-state index in [0.29, 0.717) is 23.0 Å². The average molecular weight is 741 g/mol. The van der Waals surface area contributed by atoms with Crippen molar-refractivity contribution in [2.75, 3.05) is 13.7 Å². The van der Waals surface area contributed by atoms with Gasteiger partial charge in [-0.25, -0.2) is 0 Å². The second-order valence-electron chi connectivity index (χ2n) is 15.6. The minimum Gasteiger partial charge on any atom is -0.496 e. The van der Waals surface area contributed by atoms with Crippen molar-refractivity contribution in [2.24, 2.45) is 5.92 Å². The highest BCUT2D eigenvalue weighted by Gasteiger charge is 2.51. The molecule has 1 fully saturated rings. The molecule has 0 spiro atoms. The van der Waals surface area contributed by atoms with E-state index in [9.17, 15) is 4.79 Å². The van der Waals surface area contributed by atoms with E-state index in [4.69, 9.17) is 18.6 Å². The molecule has 0 bridgehead atoms. The van der Waals surface area contributed by atoms with Gasteiger partial charge >= 0.3 is 5.97 Å². The van der Waals surface area contributed by atoms with Crippen LogP contribution in [0.25, 0.3) is 0 Å². The Morgan fingerprint density at radius 2 is 1.17 bits per heavy atom. The third-order valence-electron chi connectivity index (χ3n) is 11.4. The van der Waals surface area contributed by atoms with Crippen LogP contribution in [-0.2, 0) is 30.7 Å². The van der Waals surface area contributed by atoms with Crippen LogP contribution < -0.4 is 4.74 Å². The van der Waals surface area contributed by atoms with Gasteiger partial charge in [-0.15, -0.1) is 0 Å². The van der Waals surface area contributed by atoms with Crippen molar-refractivity contribution in [3.8, 4) is 5.75 Å². The van der Waals surface area contributed by atoms with Crippen molar-refractivity contribution < 1.29 is 23.4 Å². The van der Waals surface area contributed by atoms with Gasteiger partial charge in [-0.2, -0.15) is 0 Å². The Morgan fingerprint density at radius 3 is 1.63 bits per heavy atom. The Kier molecular flexibility index (Phi) is 12.6. The molecule has 1 aliphatic rings. The maximum absolute atomic E-state index is 14.2. The zero-order chi connectivity index (χ0) is 38.3. The highest BCUT2D eigenvalue weighted by molar-refractivity contribution is 6.77. The summed E-state index contributed by atoms with van der Waals surface area (Å²) in [5.41, 5.74) is 6.35. The molecule has 5 nitrogen and oxygen atoms in total. The topological polar surface area (TPSA) is 54.0 Å². The molecule has 282 valence electrons. The molecule has 0 aliphatic carbocycles. The number of carbonyl (C=O) groups is 1. The van der Waals surface area contributed by atoms with Gasteiger partial charge in [-0.05, 0) is 56.1 Å². The molecule has 0 N–H and O–H groups in total. The van der Waals surface area contributed by atoms with Gasteiger partial charge in [0.05, 0.1) is 25.7 Å². The molecular formula is C48H56O5Si. The van der Waals surface area contributed by atoms with Gasteiger partial charge < -0.3 is 18.6 Å². The summed E-state index contributed by atoms with van der Waals surface area (Å²) >= 11 is 0. The van der Waals surface area contributed by atoms with E-state index in [-0.39, 0.29) is 12.6 Å². The number of carbonyl (C=O) groups excluding carboxylic acids is 1. The lowest BCUT2D eigenvalue weighted by molar-refractivity contribution is -0.149. The van der Waals surface area contributed by atoms with Crippen LogP contribution >= 0.6 is 0 Å². The van der Waals surface area contributed by atoms with Gasteiger partial charge in [0.1, 0.15) is 17.5 Å². The summed E-state index contributed by atoms with van der Waals surface area (Å²) in [6.45, 7) is 13.9. The summed E-state index contributed by atoms with van der Waals surface area (Å²) in [6, 6.07) is 47.7.